The van der Waals surface area contributed by atoms with Crippen LogP contribution in [0, 0.1) is 11.3 Å². The van der Waals surface area contributed by atoms with E-state index >= 15 is 0 Å². The molecule has 7 heteroatoms. The molecule has 136 valence electrons. The molecule has 1 saturated heterocycles. The van der Waals surface area contributed by atoms with Crippen LogP contribution >= 0.6 is 11.6 Å². The van der Waals surface area contributed by atoms with Gasteiger partial charge in [-0.15, -0.1) is 0 Å². The molecule has 26 heavy (non-hydrogen) atoms. The quantitative estimate of drug-likeness (QED) is 0.780. The number of hydrogen-bond donors (Lipinski definition) is 2. The van der Waals surface area contributed by atoms with Gasteiger partial charge in [0.15, 0.2) is 0 Å². The van der Waals surface area contributed by atoms with E-state index in [-0.39, 0.29) is 12.3 Å². The summed E-state index contributed by atoms with van der Waals surface area (Å²) in [6.07, 6.45) is 1.97. The number of hydrogen-bond acceptors (Lipinski definition) is 5. The highest BCUT2D eigenvalue weighted by Crippen LogP contribution is 2.53. The van der Waals surface area contributed by atoms with Gasteiger partial charge in [-0.1, -0.05) is 23.7 Å². The van der Waals surface area contributed by atoms with Crippen molar-refractivity contribution >= 4 is 23.4 Å². The van der Waals surface area contributed by atoms with Crippen molar-refractivity contribution in [2.45, 2.75) is 55.2 Å². The molecule has 2 amide bonds. The number of nitrogens with zero attached hydrogens (tertiary/aromatic N) is 2. The molecular weight excluding hydrogens is 354 g/mol. The summed E-state index contributed by atoms with van der Waals surface area (Å²) >= 11 is 5.96. The molecule has 6 nitrogen and oxygen atoms in total. The largest absolute Gasteiger partial charge is 0.392 e. The van der Waals surface area contributed by atoms with E-state index in [0.29, 0.717) is 37.3 Å². The molecule has 1 heterocycles. The second-order valence-corrected chi connectivity index (χ2v) is 8.00. The lowest BCUT2D eigenvalue weighted by Gasteiger charge is -2.31. The highest BCUT2D eigenvalue weighted by Gasteiger charge is 2.62. The van der Waals surface area contributed by atoms with E-state index in [1.54, 1.807) is 12.1 Å². The Morgan fingerprint density at radius 3 is 2.35 bits per heavy atom. The van der Waals surface area contributed by atoms with Gasteiger partial charge in [0, 0.05) is 11.6 Å². The minimum atomic E-state index is -1.04. The molecule has 2 aliphatic carbocycles. The highest BCUT2D eigenvalue weighted by atomic mass is 35.5. The van der Waals surface area contributed by atoms with E-state index in [9.17, 15) is 20.0 Å². The van der Waals surface area contributed by atoms with Crippen LogP contribution in [0.5, 0.6) is 0 Å². The monoisotopic (exact) mass is 373 g/mol. The Morgan fingerprint density at radius 1 is 1.23 bits per heavy atom. The van der Waals surface area contributed by atoms with E-state index in [0.717, 1.165) is 5.56 Å². The molecule has 0 radical (unpaired) electrons. The van der Waals surface area contributed by atoms with Gasteiger partial charge in [-0.2, -0.15) is 5.26 Å². The van der Waals surface area contributed by atoms with Gasteiger partial charge in [0.2, 0.25) is 11.8 Å². The van der Waals surface area contributed by atoms with Gasteiger partial charge >= 0.3 is 0 Å². The third kappa shape index (κ3) is 2.71. The molecule has 3 aliphatic rings. The maximum Gasteiger partial charge on any atom is 0.247 e. The standard InChI is InChI=1S/C19H20ClN3O3/c20-13-3-1-12(2-4-13)19(7-8-19)17(26)23(18(11-21)5-6-18)16(25)15-9-14(24)10-22-15/h1-4,14-15,22,24H,5-10H2/t14-,15-/m0/s1. The zero-order valence-corrected chi connectivity index (χ0v) is 15.0. The average Bonchev–Trinajstić information content (AvgIpc) is 3.55. The molecule has 0 unspecified atom stereocenters. The molecule has 0 bridgehead atoms. The van der Waals surface area contributed by atoms with Crippen LogP contribution in [0.15, 0.2) is 24.3 Å². The van der Waals surface area contributed by atoms with Crippen molar-refractivity contribution in [3.63, 3.8) is 0 Å². The third-order valence-electron chi connectivity index (χ3n) is 5.75. The summed E-state index contributed by atoms with van der Waals surface area (Å²) < 4.78 is 0. The number of nitriles is 1. The first-order chi connectivity index (χ1) is 12.4. The Hall–Kier alpha value is -1.94. The zero-order chi connectivity index (χ0) is 18.5. The van der Waals surface area contributed by atoms with Crippen LogP contribution in [0.2, 0.25) is 5.02 Å². The number of aliphatic hydroxyl groups excluding tert-OH is 1. The summed E-state index contributed by atoms with van der Waals surface area (Å²) in [5, 5.41) is 22.9. The van der Waals surface area contributed by atoms with Crippen molar-refractivity contribution in [2.75, 3.05) is 6.54 Å². The summed E-state index contributed by atoms with van der Waals surface area (Å²) in [5.74, 6) is -0.696. The number of halogens is 1. The number of carbonyl (C=O) groups is 2. The molecule has 0 spiro atoms. The number of rotatable bonds is 4. The first kappa shape index (κ1) is 17.5. The molecule has 3 fully saturated rings. The van der Waals surface area contributed by atoms with E-state index in [1.165, 1.54) is 4.90 Å². The summed E-state index contributed by atoms with van der Waals surface area (Å²) in [5.41, 5.74) is -0.951. The van der Waals surface area contributed by atoms with Crippen molar-refractivity contribution < 1.29 is 14.7 Å². The topological polar surface area (TPSA) is 93.4 Å². The zero-order valence-electron chi connectivity index (χ0n) is 14.2. The number of benzene rings is 1. The van der Waals surface area contributed by atoms with Crippen molar-refractivity contribution in [1.29, 1.82) is 5.26 Å². The van der Waals surface area contributed by atoms with Gasteiger partial charge in [-0.3, -0.25) is 14.5 Å². The molecule has 2 atom stereocenters. The summed E-state index contributed by atoms with van der Waals surface area (Å²) in [7, 11) is 0. The van der Waals surface area contributed by atoms with Gasteiger partial charge in [-0.25, -0.2) is 0 Å². The third-order valence-corrected chi connectivity index (χ3v) is 6.00. The lowest BCUT2D eigenvalue weighted by atomic mass is 9.93. The number of carbonyl (C=O) groups excluding carboxylic acids is 2. The number of amides is 2. The fourth-order valence-electron chi connectivity index (χ4n) is 3.80. The van der Waals surface area contributed by atoms with Crippen LogP contribution in [0.4, 0.5) is 0 Å². The van der Waals surface area contributed by atoms with Crippen LogP contribution in [0.1, 0.15) is 37.7 Å². The predicted octanol–water partition coefficient (Wildman–Crippen LogP) is 1.51. The first-order valence-corrected chi connectivity index (χ1v) is 9.27. The molecule has 2 N–H and O–H groups in total. The van der Waals surface area contributed by atoms with E-state index < -0.39 is 29.0 Å². The van der Waals surface area contributed by atoms with Crippen molar-refractivity contribution in [3.05, 3.63) is 34.9 Å². The Morgan fingerprint density at radius 2 is 1.88 bits per heavy atom. The van der Waals surface area contributed by atoms with Gasteiger partial charge in [-0.05, 0) is 49.8 Å². The van der Waals surface area contributed by atoms with Crippen LogP contribution < -0.4 is 5.32 Å². The highest BCUT2D eigenvalue weighted by molar-refractivity contribution is 6.30. The fourth-order valence-corrected chi connectivity index (χ4v) is 3.93. The van der Waals surface area contributed by atoms with Gasteiger partial charge in [0.1, 0.15) is 5.54 Å². The predicted molar refractivity (Wildman–Crippen MR) is 94.2 cm³/mol. The van der Waals surface area contributed by atoms with Crippen molar-refractivity contribution in [2.24, 2.45) is 0 Å². The number of β-amino-alcohol motifs (C(OH)–C–C–N with tert-alkyl or cyclic N) is 1. The van der Waals surface area contributed by atoms with Crippen molar-refractivity contribution in [1.82, 2.24) is 10.2 Å². The summed E-state index contributed by atoms with van der Waals surface area (Å²) in [6, 6.07) is 8.67. The van der Waals surface area contributed by atoms with E-state index in [1.807, 2.05) is 12.1 Å². The number of aliphatic hydroxyl groups is 1. The SMILES string of the molecule is N#CC1(N(C(=O)[C@@H]2C[C@H](O)CN2)C(=O)C2(c3ccc(Cl)cc3)CC2)CC1. The van der Waals surface area contributed by atoms with E-state index in [2.05, 4.69) is 11.4 Å². The lowest BCUT2D eigenvalue weighted by Crippen LogP contribution is -2.55. The van der Waals surface area contributed by atoms with Crippen LogP contribution in [0.25, 0.3) is 0 Å². The first-order valence-electron chi connectivity index (χ1n) is 8.89. The second-order valence-electron chi connectivity index (χ2n) is 7.56. The molecule has 4 rings (SSSR count). The van der Waals surface area contributed by atoms with Crippen LogP contribution in [0.3, 0.4) is 0 Å². The molecule has 1 aromatic carbocycles. The lowest BCUT2D eigenvalue weighted by molar-refractivity contribution is -0.150. The minimum Gasteiger partial charge on any atom is -0.392 e. The average molecular weight is 374 g/mol. The minimum absolute atomic E-state index is 0.262. The normalized spacial score (nSPS) is 27.4. The molecule has 0 aromatic heterocycles. The van der Waals surface area contributed by atoms with Gasteiger partial charge in [0.05, 0.1) is 23.6 Å². The molecule has 2 saturated carbocycles. The maximum atomic E-state index is 13.5. The maximum absolute atomic E-state index is 13.5. The Labute approximate surface area is 156 Å². The molecule has 1 aromatic rings. The number of nitrogens with one attached hydrogen (secondary N) is 1. The van der Waals surface area contributed by atoms with Crippen molar-refractivity contribution in [3.8, 4) is 6.07 Å². The Kier molecular flexibility index (Phi) is 4.07. The Balaban J connectivity index is 1.66. The fraction of sp³-hybridized carbons (Fsp3) is 0.526. The van der Waals surface area contributed by atoms with Gasteiger partial charge < -0.3 is 10.4 Å². The van der Waals surface area contributed by atoms with E-state index in [4.69, 9.17) is 11.6 Å². The summed E-state index contributed by atoms with van der Waals surface area (Å²) in [6.45, 7) is 0.320. The van der Waals surface area contributed by atoms with Gasteiger partial charge in [0.25, 0.3) is 0 Å². The smallest absolute Gasteiger partial charge is 0.247 e. The van der Waals surface area contributed by atoms with Crippen LogP contribution in [-0.2, 0) is 15.0 Å². The van der Waals surface area contributed by atoms with Crippen LogP contribution in [-0.4, -0.2) is 46.1 Å². The number of imide groups is 1. The molecule has 1 aliphatic heterocycles. The molecular formula is C19H20ClN3O3. The Bertz CT molecular complexity index is 793. The summed E-state index contributed by atoms with van der Waals surface area (Å²) in [4.78, 5) is 27.8. The second kappa shape index (κ2) is 6.05.